The zero-order valence-corrected chi connectivity index (χ0v) is 17.7. The second kappa shape index (κ2) is 8.68. The highest BCUT2D eigenvalue weighted by Gasteiger charge is 2.28. The molecule has 1 N–H and O–H groups in total. The number of carbonyl (C=O) groups is 1. The van der Waals surface area contributed by atoms with E-state index in [1.807, 2.05) is 26.0 Å². The van der Waals surface area contributed by atoms with Crippen molar-refractivity contribution in [3.8, 4) is 0 Å². The minimum Gasteiger partial charge on any atom is -0.325 e. The fourth-order valence-corrected chi connectivity index (χ4v) is 4.46. The number of rotatable bonds is 6. The lowest BCUT2D eigenvalue weighted by Crippen LogP contribution is -2.38. The zero-order valence-electron chi connectivity index (χ0n) is 16.1. The van der Waals surface area contributed by atoms with Crippen LogP contribution in [0.25, 0.3) is 0 Å². The molecule has 7 heteroatoms. The molecular formula is C22H21ClN2O3S. The molecule has 3 aromatic rings. The minimum atomic E-state index is -3.94. The molecule has 29 heavy (non-hydrogen) atoms. The first-order valence-corrected chi connectivity index (χ1v) is 10.8. The second-order valence-electron chi connectivity index (χ2n) is 6.67. The maximum absolute atomic E-state index is 13.4. The van der Waals surface area contributed by atoms with E-state index in [4.69, 9.17) is 11.6 Å². The molecule has 0 spiro atoms. The number of nitrogens with one attached hydrogen (secondary N) is 1. The van der Waals surface area contributed by atoms with Crippen molar-refractivity contribution in [2.24, 2.45) is 0 Å². The van der Waals surface area contributed by atoms with E-state index in [0.717, 1.165) is 15.4 Å². The summed E-state index contributed by atoms with van der Waals surface area (Å²) in [6.45, 7) is 3.34. The van der Waals surface area contributed by atoms with E-state index in [1.54, 1.807) is 60.7 Å². The number of amides is 1. The van der Waals surface area contributed by atoms with Crippen LogP contribution in [0.3, 0.4) is 0 Å². The van der Waals surface area contributed by atoms with Gasteiger partial charge in [0.1, 0.15) is 6.54 Å². The third-order valence-corrected chi connectivity index (χ3v) is 6.43. The van der Waals surface area contributed by atoms with Crippen LogP contribution in [-0.4, -0.2) is 20.9 Å². The van der Waals surface area contributed by atoms with Crippen LogP contribution in [0.5, 0.6) is 0 Å². The molecule has 5 nitrogen and oxygen atoms in total. The predicted molar refractivity (Wildman–Crippen MR) is 117 cm³/mol. The van der Waals surface area contributed by atoms with Gasteiger partial charge in [-0.1, -0.05) is 47.5 Å². The third-order valence-electron chi connectivity index (χ3n) is 4.41. The molecule has 0 unspecified atom stereocenters. The number of hydrogen-bond acceptors (Lipinski definition) is 3. The molecule has 0 radical (unpaired) electrons. The summed E-state index contributed by atoms with van der Waals surface area (Å²) < 4.78 is 27.9. The SMILES string of the molecule is Cc1ccc(S(=O)(=O)N(CC(=O)Nc2ccc(Cl)cc2)c2ccccc2C)cc1. The lowest BCUT2D eigenvalue weighted by molar-refractivity contribution is -0.114. The molecular weight excluding hydrogens is 408 g/mol. The van der Waals surface area contributed by atoms with Gasteiger partial charge in [-0.05, 0) is 61.9 Å². The molecule has 0 atom stereocenters. The van der Waals surface area contributed by atoms with Crippen molar-refractivity contribution in [3.05, 3.63) is 88.9 Å². The Labute approximate surface area is 176 Å². The van der Waals surface area contributed by atoms with Crippen LogP contribution in [0.2, 0.25) is 5.02 Å². The number of sulfonamides is 1. The molecule has 0 saturated carbocycles. The van der Waals surface area contributed by atoms with Crippen molar-refractivity contribution in [2.45, 2.75) is 18.7 Å². The Morgan fingerprint density at radius 1 is 0.931 bits per heavy atom. The first kappa shape index (κ1) is 20.9. The van der Waals surface area contributed by atoms with Gasteiger partial charge in [0.2, 0.25) is 5.91 Å². The molecule has 3 aromatic carbocycles. The summed E-state index contributed by atoms with van der Waals surface area (Å²) in [5.74, 6) is -0.453. The Kier molecular flexibility index (Phi) is 6.25. The summed E-state index contributed by atoms with van der Waals surface area (Å²) in [5.41, 5.74) is 2.70. The zero-order chi connectivity index (χ0) is 21.0. The van der Waals surface area contributed by atoms with Gasteiger partial charge in [-0.2, -0.15) is 0 Å². The average Bonchev–Trinajstić information content (AvgIpc) is 2.69. The normalized spacial score (nSPS) is 11.1. The van der Waals surface area contributed by atoms with Gasteiger partial charge in [0, 0.05) is 10.7 Å². The van der Waals surface area contributed by atoms with E-state index in [-0.39, 0.29) is 11.4 Å². The summed E-state index contributed by atoms with van der Waals surface area (Å²) in [7, 11) is -3.94. The Hall–Kier alpha value is -2.83. The summed E-state index contributed by atoms with van der Waals surface area (Å²) >= 11 is 5.87. The van der Waals surface area contributed by atoms with E-state index >= 15 is 0 Å². The highest BCUT2D eigenvalue weighted by molar-refractivity contribution is 7.92. The number of anilines is 2. The van der Waals surface area contributed by atoms with Gasteiger partial charge in [0.25, 0.3) is 10.0 Å². The van der Waals surface area contributed by atoms with E-state index in [1.165, 1.54) is 0 Å². The van der Waals surface area contributed by atoms with Crippen LogP contribution >= 0.6 is 11.6 Å². The molecule has 0 aliphatic rings. The third kappa shape index (κ3) is 4.96. The molecule has 0 aliphatic carbocycles. The Morgan fingerprint density at radius 2 is 1.55 bits per heavy atom. The van der Waals surface area contributed by atoms with E-state index in [2.05, 4.69) is 5.32 Å². The van der Waals surface area contributed by atoms with Crippen LogP contribution in [0.4, 0.5) is 11.4 Å². The number of para-hydroxylation sites is 1. The fraction of sp³-hybridized carbons (Fsp3) is 0.136. The van der Waals surface area contributed by atoms with Crippen LogP contribution in [0, 0.1) is 13.8 Å². The topological polar surface area (TPSA) is 66.5 Å². The number of aryl methyl sites for hydroxylation is 2. The van der Waals surface area contributed by atoms with Crippen molar-refractivity contribution in [3.63, 3.8) is 0 Å². The van der Waals surface area contributed by atoms with Gasteiger partial charge in [0.05, 0.1) is 10.6 Å². The van der Waals surface area contributed by atoms with Gasteiger partial charge in [-0.25, -0.2) is 8.42 Å². The van der Waals surface area contributed by atoms with Gasteiger partial charge < -0.3 is 5.32 Å². The second-order valence-corrected chi connectivity index (χ2v) is 8.97. The Morgan fingerprint density at radius 3 is 2.17 bits per heavy atom. The van der Waals surface area contributed by atoms with Crippen LogP contribution in [0.1, 0.15) is 11.1 Å². The number of halogens is 1. The van der Waals surface area contributed by atoms with Gasteiger partial charge in [-0.3, -0.25) is 9.10 Å². The predicted octanol–water partition coefficient (Wildman–Crippen LogP) is 4.79. The van der Waals surface area contributed by atoms with Crippen LogP contribution in [-0.2, 0) is 14.8 Å². The average molecular weight is 429 g/mol. The lowest BCUT2D eigenvalue weighted by Gasteiger charge is -2.25. The minimum absolute atomic E-state index is 0.130. The van der Waals surface area contributed by atoms with Gasteiger partial charge >= 0.3 is 0 Å². The van der Waals surface area contributed by atoms with Crippen molar-refractivity contribution in [1.82, 2.24) is 0 Å². The van der Waals surface area contributed by atoms with Crippen molar-refractivity contribution in [1.29, 1.82) is 0 Å². The standard InChI is InChI=1S/C22H21ClN2O3S/c1-16-7-13-20(14-8-16)29(27,28)25(21-6-4-3-5-17(21)2)15-22(26)24-19-11-9-18(23)10-12-19/h3-14H,15H2,1-2H3,(H,24,26). The summed E-state index contributed by atoms with van der Waals surface area (Å²) in [4.78, 5) is 12.8. The maximum atomic E-state index is 13.4. The van der Waals surface area contributed by atoms with E-state index in [0.29, 0.717) is 16.4 Å². The number of benzene rings is 3. The fourth-order valence-electron chi connectivity index (χ4n) is 2.84. The highest BCUT2D eigenvalue weighted by Crippen LogP contribution is 2.27. The number of carbonyl (C=O) groups excluding carboxylic acids is 1. The molecule has 0 fully saturated rings. The molecule has 0 aliphatic heterocycles. The number of nitrogens with zero attached hydrogens (tertiary/aromatic N) is 1. The molecule has 0 bridgehead atoms. The molecule has 0 saturated heterocycles. The quantitative estimate of drug-likeness (QED) is 0.613. The monoisotopic (exact) mass is 428 g/mol. The maximum Gasteiger partial charge on any atom is 0.264 e. The van der Waals surface area contributed by atoms with Crippen LogP contribution in [0.15, 0.2) is 77.7 Å². The number of hydrogen-bond donors (Lipinski definition) is 1. The largest absolute Gasteiger partial charge is 0.325 e. The molecule has 150 valence electrons. The van der Waals surface area contributed by atoms with Crippen molar-refractivity contribution >= 4 is 38.9 Å². The van der Waals surface area contributed by atoms with Crippen molar-refractivity contribution < 1.29 is 13.2 Å². The summed E-state index contributed by atoms with van der Waals surface area (Å²) in [6, 6.07) is 20.3. The van der Waals surface area contributed by atoms with E-state index < -0.39 is 15.9 Å². The molecule has 0 heterocycles. The molecule has 3 rings (SSSR count). The highest BCUT2D eigenvalue weighted by atomic mass is 35.5. The van der Waals surface area contributed by atoms with E-state index in [9.17, 15) is 13.2 Å². The lowest BCUT2D eigenvalue weighted by atomic mass is 10.2. The first-order chi connectivity index (χ1) is 13.8. The molecule has 0 aromatic heterocycles. The Bertz CT molecular complexity index is 1110. The first-order valence-electron chi connectivity index (χ1n) is 8.98. The van der Waals surface area contributed by atoms with Gasteiger partial charge in [0.15, 0.2) is 0 Å². The van der Waals surface area contributed by atoms with Crippen molar-refractivity contribution in [2.75, 3.05) is 16.2 Å². The smallest absolute Gasteiger partial charge is 0.264 e. The Balaban J connectivity index is 1.95. The summed E-state index contributed by atoms with van der Waals surface area (Å²) in [5, 5.41) is 3.27. The van der Waals surface area contributed by atoms with Crippen LogP contribution < -0.4 is 9.62 Å². The van der Waals surface area contributed by atoms with Gasteiger partial charge in [-0.15, -0.1) is 0 Å². The molecule has 1 amide bonds. The summed E-state index contributed by atoms with van der Waals surface area (Å²) in [6.07, 6.45) is 0.